The highest BCUT2D eigenvalue weighted by atomic mass is 16.6. The maximum Gasteiger partial charge on any atom is 0.417 e. The molecule has 3 aliphatic heterocycles. The first-order valence-electron chi connectivity index (χ1n) is 14.0. The predicted octanol–water partition coefficient (Wildman–Crippen LogP) is 5.33. The molecule has 214 valence electrons. The first-order chi connectivity index (χ1) is 20.0. The number of carbonyl (C=O) groups is 1. The fraction of sp³-hybridized carbons (Fsp3) is 0.375. The summed E-state index contributed by atoms with van der Waals surface area (Å²) in [6.07, 6.45) is 14.6. The number of aromatic nitrogens is 1. The molecule has 9 heteroatoms. The van der Waals surface area contributed by atoms with Gasteiger partial charge in [-0.05, 0) is 54.7 Å². The van der Waals surface area contributed by atoms with Crippen LogP contribution < -0.4 is 4.74 Å². The van der Waals surface area contributed by atoms with Crippen LogP contribution in [-0.2, 0) is 14.2 Å². The number of allylic oxidation sites excluding steroid dienone is 5. The smallest absolute Gasteiger partial charge is 0.417 e. The van der Waals surface area contributed by atoms with Gasteiger partial charge in [0.25, 0.3) is 0 Å². The summed E-state index contributed by atoms with van der Waals surface area (Å²) in [6, 6.07) is 7.53. The van der Waals surface area contributed by atoms with Crippen LogP contribution in [0.2, 0.25) is 0 Å². The number of benzene rings is 1. The minimum atomic E-state index is -0.722. The van der Waals surface area contributed by atoms with Gasteiger partial charge in [-0.2, -0.15) is 0 Å². The van der Waals surface area contributed by atoms with Gasteiger partial charge in [-0.15, -0.1) is 6.58 Å². The normalized spacial score (nSPS) is 25.1. The maximum atomic E-state index is 13.2. The number of hydrogen-bond donors (Lipinski definition) is 1. The molecular weight excluding hydrogens is 522 g/mol. The molecular formula is C32H35N3O6. The molecule has 0 bridgehead atoms. The third-order valence-corrected chi connectivity index (χ3v) is 8.39. The van der Waals surface area contributed by atoms with E-state index in [9.17, 15) is 9.90 Å². The molecule has 0 radical (unpaired) electrons. The van der Waals surface area contributed by atoms with E-state index in [1.165, 1.54) is 11.2 Å². The van der Waals surface area contributed by atoms with Crippen LogP contribution in [0.5, 0.6) is 5.75 Å². The van der Waals surface area contributed by atoms with Crippen LogP contribution in [-0.4, -0.2) is 64.9 Å². The Morgan fingerprint density at radius 3 is 3.02 bits per heavy atom. The first kappa shape index (κ1) is 27.1. The van der Waals surface area contributed by atoms with Crippen LogP contribution >= 0.6 is 0 Å². The van der Waals surface area contributed by atoms with Crippen molar-refractivity contribution in [2.45, 2.75) is 37.4 Å². The lowest BCUT2D eigenvalue weighted by atomic mass is 9.78. The van der Waals surface area contributed by atoms with Crippen molar-refractivity contribution in [1.29, 1.82) is 0 Å². The number of fused-ring (bicyclic) bond motifs is 1. The van der Waals surface area contributed by atoms with Gasteiger partial charge in [-0.25, -0.2) is 9.69 Å². The second kappa shape index (κ2) is 11.4. The SMILES string of the molecule is C=CC[C@@H]1CN(C[C@H](O)c2ccnc3ccc(OC)cc23)CC[C@]12CN(C1=COC=C(C3=CC=CCC3)O1)C(=O)O2. The molecule has 1 aromatic carbocycles. The summed E-state index contributed by atoms with van der Waals surface area (Å²) in [5.41, 5.74) is 1.95. The molecule has 0 saturated carbocycles. The molecule has 1 spiro atoms. The molecule has 1 aromatic heterocycles. The average molecular weight is 558 g/mol. The number of methoxy groups -OCH3 is 1. The fourth-order valence-electron chi connectivity index (χ4n) is 6.17. The Kier molecular flexibility index (Phi) is 7.55. The molecule has 6 rings (SSSR count). The third-order valence-electron chi connectivity index (χ3n) is 8.39. The Morgan fingerprint density at radius 1 is 1.32 bits per heavy atom. The van der Waals surface area contributed by atoms with Crippen LogP contribution in [0.15, 0.2) is 91.1 Å². The zero-order valence-corrected chi connectivity index (χ0v) is 23.2. The van der Waals surface area contributed by atoms with Gasteiger partial charge >= 0.3 is 6.09 Å². The van der Waals surface area contributed by atoms with E-state index >= 15 is 0 Å². The van der Waals surface area contributed by atoms with Crippen molar-refractivity contribution in [3.05, 3.63) is 96.6 Å². The van der Waals surface area contributed by atoms with E-state index in [4.69, 9.17) is 18.9 Å². The maximum absolute atomic E-state index is 13.2. The third kappa shape index (κ3) is 5.35. The van der Waals surface area contributed by atoms with E-state index in [-0.39, 0.29) is 5.92 Å². The van der Waals surface area contributed by atoms with Gasteiger partial charge < -0.3 is 24.1 Å². The largest absolute Gasteiger partial charge is 0.497 e. The van der Waals surface area contributed by atoms with Crippen molar-refractivity contribution in [3.8, 4) is 5.75 Å². The van der Waals surface area contributed by atoms with E-state index in [1.54, 1.807) is 19.6 Å². The summed E-state index contributed by atoms with van der Waals surface area (Å²) < 4.78 is 23.2. The number of aliphatic hydroxyl groups excluding tert-OH is 1. The number of ether oxygens (including phenoxy) is 4. The molecule has 2 aromatic rings. The second-order valence-corrected chi connectivity index (χ2v) is 10.9. The molecule has 1 N–H and O–H groups in total. The number of pyridine rings is 1. The lowest BCUT2D eigenvalue weighted by Gasteiger charge is -2.44. The number of carbonyl (C=O) groups excluding carboxylic acids is 1. The summed E-state index contributed by atoms with van der Waals surface area (Å²) in [7, 11) is 1.62. The van der Waals surface area contributed by atoms with Gasteiger partial charge in [0.05, 0.1) is 25.3 Å². The first-order valence-corrected chi connectivity index (χ1v) is 14.0. The lowest BCUT2D eigenvalue weighted by molar-refractivity contribution is -0.0553. The van der Waals surface area contributed by atoms with Gasteiger partial charge in [0.15, 0.2) is 12.0 Å². The van der Waals surface area contributed by atoms with Gasteiger partial charge in [0.2, 0.25) is 5.88 Å². The standard InChI is InChI=1S/C32H35N3O6/c1-3-7-23-17-34(18-28(36)25-12-14-33-27-11-10-24(38-2)16-26(25)27)15-13-32(23)21-35(31(37)41-32)30-20-39-19-29(40-30)22-8-5-4-6-9-22/h3-5,8,10-12,14,16,19-20,23,28,36H,1,6-7,9,13,15,17-18,21H2,2H3/t23-,28+,32+/m1/s1. The number of aliphatic hydroxyl groups is 1. The Hall–Kier alpha value is -4.08. The van der Waals surface area contributed by atoms with E-state index in [1.807, 2.05) is 42.5 Å². The summed E-state index contributed by atoms with van der Waals surface area (Å²) in [5, 5.41) is 12.2. The molecule has 41 heavy (non-hydrogen) atoms. The van der Waals surface area contributed by atoms with Gasteiger partial charge in [-0.3, -0.25) is 9.88 Å². The van der Waals surface area contributed by atoms with E-state index in [2.05, 4.69) is 22.5 Å². The molecule has 4 aliphatic rings. The highest BCUT2D eigenvalue weighted by Gasteiger charge is 2.54. The van der Waals surface area contributed by atoms with Crippen molar-refractivity contribution in [3.63, 3.8) is 0 Å². The zero-order valence-electron chi connectivity index (χ0n) is 23.2. The lowest BCUT2D eigenvalue weighted by Crippen LogP contribution is -2.54. The fourth-order valence-corrected chi connectivity index (χ4v) is 6.17. The molecule has 1 amide bonds. The summed E-state index contributed by atoms with van der Waals surface area (Å²) in [5.74, 6) is 1.65. The molecule has 0 unspecified atom stereocenters. The van der Waals surface area contributed by atoms with Crippen LogP contribution in [0.4, 0.5) is 4.79 Å². The number of piperidine rings is 1. The van der Waals surface area contributed by atoms with E-state index in [0.29, 0.717) is 50.7 Å². The number of rotatable bonds is 8. The molecule has 9 nitrogen and oxygen atoms in total. The molecule has 3 atom stereocenters. The molecule has 4 heterocycles. The quantitative estimate of drug-likeness (QED) is 0.436. The average Bonchev–Trinajstić information content (AvgIpc) is 3.35. The van der Waals surface area contributed by atoms with Crippen molar-refractivity contribution >= 4 is 17.0 Å². The van der Waals surface area contributed by atoms with Crippen LogP contribution in [0.1, 0.15) is 37.4 Å². The topological polar surface area (TPSA) is 93.6 Å². The van der Waals surface area contributed by atoms with Crippen LogP contribution in [0, 0.1) is 5.92 Å². The Labute approximate surface area is 239 Å². The minimum Gasteiger partial charge on any atom is -0.497 e. The number of likely N-dealkylation sites (tertiary alicyclic amines) is 1. The number of amides is 1. The van der Waals surface area contributed by atoms with Crippen molar-refractivity contribution in [2.24, 2.45) is 5.92 Å². The number of hydrogen-bond acceptors (Lipinski definition) is 8. The molecule has 1 aliphatic carbocycles. The van der Waals surface area contributed by atoms with Crippen molar-refractivity contribution < 1.29 is 28.8 Å². The van der Waals surface area contributed by atoms with Crippen molar-refractivity contribution in [2.75, 3.05) is 33.3 Å². The van der Waals surface area contributed by atoms with Gasteiger partial charge in [-0.1, -0.05) is 24.3 Å². The summed E-state index contributed by atoms with van der Waals surface area (Å²) in [6.45, 7) is 6.08. The monoisotopic (exact) mass is 557 g/mol. The Morgan fingerprint density at radius 2 is 2.22 bits per heavy atom. The highest BCUT2D eigenvalue weighted by molar-refractivity contribution is 5.83. The Balaban J connectivity index is 1.15. The zero-order chi connectivity index (χ0) is 28.4. The number of β-amino-alcohol motifs (C(OH)–C–C–N with tert-alkyl or cyclic N) is 1. The van der Waals surface area contributed by atoms with E-state index in [0.717, 1.165) is 40.6 Å². The van der Waals surface area contributed by atoms with Gasteiger partial charge in [0.1, 0.15) is 17.6 Å². The summed E-state index contributed by atoms with van der Waals surface area (Å²) >= 11 is 0. The predicted molar refractivity (Wildman–Crippen MR) is 153 cm³/mol. The number of nitrogens with zero attached hydrogens (tertiary/aromatic N) is 3. The van der Waals surface area contributed by atoms with Crippen molar-refractivity contribution in [1.82, 2.24) is 14.8 Å². The Bertz CT molecular complexity index is 1460. The summed E-state index contributed by atoms with van der Waals surface area (Å²) in [4.78, 5) is 21.4. The minimum absolute atomic E-state index is 0.00418. The highest BCUT2D eigenvalue weighted by Crippen LogP contribution is 2.42. The molecule has 2 fully saturated rings. The molecule has 2 saturated heterocycles. The van der Waals surface area contributed by atoms with Gasteiger partial charge in [0, 0.05) is 43.6 Å². The van der Waals surface area contributed by atoms with Crippen LogP contribution in [0.25, 0.3) is 10.9 Å². The van der Waals surface area contributed by atoms with Crippen LogP contribution in [0.3, 0.4) is 0 Å². The second-order valence-electron chi connectivity index (χ2n) is 10.9. The van der Waals surface area contributed by atoms with E-state index < -0.39 is 17.8 Å².